The first-order valence-electron chi connectivity index (χ1n) is 7.41. The molecule has 0 bridgehead atoms. The topological polar surface area (TPSA) is 60.9 Å². The largest absolute Gasteiger partial charge is 0.481 e. The second-order valence-corrected chi connectivity index (χ2v) is 5.46. The van der Waals surface area contributed by atoms with Gasteiger partial charge in [-0.2, -0.15) is 0 Å². The van der Waals surface area contributed by atoms with Crippen LogP contribution in [-0.2, 0) is 4.79 Å². The van der Waals surface area contributed by atoms with Crippen LogP contribution in [0.25, 0.3) is 0 Å². The summed E-state index contributed by atoms with van der Waals surface area (Å²) in [5.41, 5.74) is 0.819. The average Bonchev–Trinajstić information content (AvgIpc) is 2.41. The van der Waals surface area contributed by atoms with Gasteiger partial charge < -0.3 is 10.0 Å². The number of carboxylic acids is 1. The summed E-state index contributed by atoms with van der Waals surface area (Å²) in [6.45, 7) is 0.423. The van der Waals surface area contributed by atoms with Crippen molar-refractivity contribution in [2.45, 2.75) is 38.1 Å². The number of carbonyl (C=O) groups is 2. The highest BCUT2D eigenvalue weighted by molar-refractivity contribution is 5.92. The number of hydrogen-bond acceptors (Lipinski definition) is 2. The van der Waals surface area contributed by atoms with E-state index in [1.54, 1.807) is 9.80 Å². The van der Waals surface area contributed by atoms with Crippen molar-refractivity contribution in [1.29, 1.82) is 0 Å². The fourth-order valence-corrected chi connectivity index (χ4v) is 2.45. The van der Waals surface area contributed by atoms with Crippen molar-refractivity contribution in [3.05, 3.63) is 30.3 Å². The molecule has 1 aromatic rings. The number of urea groups is 1. The number of hydrogen-bond donors (Lipinski definition) is 1. The molecule has 0 aliphatic heterocycles. The SMILES string of the molecule is CN(C(=O)N(CCCC(=O)O)c1ccccc1)C1CCC1. The van der Waals surface area contributed by atoms with Crippen LogP contribution in [0.1, 0.15) is 32.1 Å². The van der Waals surface area contributed by atoms with Crippen LogP contribution in [-0.4, -0.2) is 41.6 Å². The molecule has 1 aliphatic carbocycles. The number of anilines is 1. The maximum Gasteiger partial charge on any atom is 0.324 e. The monoisotopic (exact) mass is 290 g/mol. The van der Waals surface area contributed by atoms with Gasteiger partial charge >= 0.3 is 12.0 Å². The molecule has 1 aromatic carbocycles. The Bertz CT molecular complexity index is 486. The lowest BCUT2D eigenvalue weighted by Gasteiger charge is -2.38. The van der Waals surface area contributed by atoms with Crippen molar-refractivity contribution in [2.75, 3.05) is 18.5 Å². The van der Waals surface area contributed by atoms with Crippen LogP contribution in [0.3, 0.4) is 0 Å². The quantitative estimate of drug-likeness (QED) is 0.876. The molecule has 21 heavy (non-hydrogen) atoms. The predicted molar refractivity (Wildman–Crippen MR) is 81.5 cm³/mol. The summed E-state index contributed by atoms with van der Waals surface area (Å²) in [5.74, 6) is -0.831. The Morgan fingerprint density at radius 2 is 1.90 bits per heavy atom. The highest BCUT2D eigenvalue weighted by Crippen LogP contribution is 2.26. The first-order valence-corrected chi connectivity index (χ1v) is 7.41. The molecule has 114 valence electrons. The first kappa shape index (κ1) is 15.4. The van der Waals surface area contributed by atoms with Crippen LogP contribution in [0, 0.1) is 0 Å². The minimum absolute atomic E-state index is 0.0451. The van der Waals surface area contributed by atoms with Gasteiger partial charge in [0.2, 0.25) is 0 Å². The molecule has 2 rings (SSSR count). The number of carbonyl (C=O) groups excluding carboxylic acids is 1. The van der Waals surface area contributed by atoms with Crippen LogP contribution in [0.4, 0.5) is 10.5 Å². The first-order chi connectivity index (χ1) is 10.1. The molecule has 5 nitrogen and oxygen atoms in total. The van der Waals surface area contributed by atoms with Gasteiger partial charge in [-0.1, -0.05) is 18.2 Å². The van der Waals surface area contributed by atoms with Gasteiger partial charge in [0.25, 0.3) is 0 Å². The van der Waals surface area contributed by atoms with Gasteiger partial charge in [-0.05, 0) is 37.8 Å². The van der Waals surface area contributed by atoms with Gasteiger partial charge in [0.15, 0.2) is 0 Å². The zero-order valence-electron chi connectivity index (χ0n) is 12.4. The zero-order chi connectivity index (χ0) is 15.2. The van der Waals surface area contributed by atoms with Gasteiger partial charge in [0.1, 0.15) is 0 Å². The molecular formula is C16H22N2O3. The summed E-state index contributed by atoms with van der Waals surface area (Å²) in [7, 11) is 1.83. The van der Waals surface area contributed by atoms with Gasteiger partial charge in [0.05, 0.1) is 0 Å². The molecule has 0 saturated heterocycles. The average molecular weight is 290 g/mol. The van der Waals surface area contributed by atoms with Crippen molar-refractivity contribution in [3.63, 3.8) is 0 Å². The Morgan fingerprint density at radius 1 is 1.24 bits per heavy atom. The molecule has 1 saturated carbocycles. The van der Waals surface area contributed by atoms with E-state index in [9.17, 15) is 9.59 Å². The highest BCUT2D eigenvalue weighted by Gasteiger charge is 2.29. The van der Waals surface area contributed by atoms with E-state index in [-0.39, 0.29) is 12.5 Å². The van der Waals surface area contributed by atoms with Crippen molar-refractivity contribution in [3.8, 4) is 0 Å². The van der Waals surface area contributed by atoms with Crippen LogP contribution >= 0.6 is 0 Å². The summed E-state index contributed by atoms with van der Waals surface area (Å²) in [6.07, 6.45) is 3.81. The van der Waals surface area contributed by atoms with Gasteiger partial charge in [-0.25, -0.2) is 4.79 Å². The Hall–Kier alpha value is -2.04. The highest BCUT2D eigenvalue weighted by atomic mass is 16.4. The van der Waals surface area contributed by atoms with E-state index in [2.05, 4.69) is 0 Å². The molecule has 1 aliphatic rings. The van der Waals surface area contributed by atoms with Crippen LogP contribution < -0.4 is 4.90 Å². The standard InChI is InChI=1S/C16H22N2O3/c1-17(13-9-5-10-13)16(21)18(12-6-11-15(19)20)14-7-3-2-4-8-14/h2-4,7-8,13H,5-6,9-12H2,1H3,(H,19,20). The third kappa shape index (κ3) is 3.97. The van der Waals surface area contributed by atoms with E-state index in [0.717, 1.165) is 18.5 Å². The molecule has 0 atom stereocenters. The lowest BCUT2D eigenvalue weighted by molar-refractivity contribution is -0.137. The zero-order valence-corrected chi connectivity index (χ0v) is 12.4. The summed E-state index contributed by atoms with van der Waals surface area (Å²) in [6, 6.07) is 9.71. The van der Waals surface area contributed by atoms with Crippen LogP contribution in [0.2, 0.25) is 0 Å². The fraction of sp³-hybridized carbons (Fsp3) is 0.500. The van der Waals surface area contributed by atoms with Crippen molar-refractivity contribution in [2.24, 2.45) is 0 Å². The van der Waals surface area contributed by atoms with E-state index in [1.165, 1.54) is 6.42 Å². The third-order valence-corrected chi connectivity index (χ3v) is 4.00. The van der Waals surface area contributed by atoms with Crippen LogP contribution in [0.15, 0.2) is 30.3 Å². The van der Waals surface area contributed by atoms with Crippen molar-refractivity contribution in [1.82, 2.24) is 4.90 Å². The molecule has 1 fully saturated rings. The molecule has 0 heterocycles. The third-order valence-electron chi connectivity index (χ3n) is 4.00. The van der Waals surface area contributed by atoms with Gasteiger partial charge in [0, 0.05) is 31.7 Å². The second-order valence-electron chi connectivity index (χ2n) is 5.46. The summed E-state index contributed by atoms with van der Waals surface area (Å²) in [5, 5.41) is 8.77. The number of carboxylic acid groups (broad SMARTS) is 1. The van der Waals surface area contributed by atoms with E-state index >= 15 is 0 Å². The molecule has 1 N–H and O–H groups in total. The number of para-hydroxylation sites is 1. The smallest absolute Gasteiger partial charge is 0.324 e. The molecular weight excluding hydrogens is 268 g/mol. The Kier molecular flexibility index (Phi) is 5.20. The number of benzene rings is 1. The van der Waals surface area contributed by atoms with Gasteiger partial charge in [-0.15, -0.1) is 0 Å². The van der Waals surface area contributed by atoms with E-state index in [1.807, 2.05) is 37.4 Å². The Labute approximate surface area is 125 Å². The summed E-state index contributed by atoms with van der Waals surface area (Å²) < 4.78 is 0. The predicted octanol–water partition coefficient (Wildman–Crippen LogP) is 2.96. The Balaban J connectivity index is 2.06. The molecule has 0 aromatic heterocycles. The fourth-order valence-electron chi connectivity index (χ4n) is 2.45. The lowest BCUT2D eigenvalue weighted by atomic mass is 9.92. The molecule has 0 unspecified atom stereocenters. The minimum Gasteiger partial charge on any atom is -0.481 e. The molecule has 0 radical (unpaired) electrons. The normalized spacial score (nSPS) is 14.3. The Morgan fingerprint density at radius 3 is 2.43 bits per heavy atom. The molecule has 2 amide bonds. The van der Waals surface area contributed by atoms with E-state index in [0.29, 0.717) is 19.0 Å². The maximum absolute atomic E-state index is 12.7. The maximum atomic E-state index is 12.7. The lowest BCUT2D eigenvalue weighted by Crippen LogP contribution is -2.49. The van der Waals surface area contributed by atoms with Crippen LogP contribution in [0.5, 0.6) is 0 Å². The number of rotatable bonds is 6. The van der Waals surface area contributed by atoms with Gasteiger partial charge in [-0.3, -0.25) is 9.69 Å². The number of aliphatic carboxylic acids is 1. The van der Waals surface area contributed by atoms with E-state index < -0.39 is 5.97 Å². The van der Waals surface area contributed by atoms with E-state index in [4.69, 9.17) is 5.11 Å². The number of amides is 2. The second kappa shape index (κ2) is 7.11. The molecule has 5 heteroatoms. The van der Waals surface area contributed by atoms with Crippen molar-refractivity contribution >= 4 is 17.7 Å². The summed E-state index contributed by atoms with van der Waals surface area (Å²) in [4.78, 5) is 26.8. The van der Waals surface area contributed by atoms with Crippen molar-refractivity contribution < 1.29 is 14.7 Å². The molecule has 0 spiro atoms. The number of nitrogens with zero attached hydrogens (tertiary/aromatic N) is 2. The summed E-state index contributed by atoms with van der Waals surface area (Å²) >= 11 is 0. The minimum atomic E-state index is -0.831.